The fraction of sp³-hybridized carbons (Fsp3) is 0.500. The van der Waals surface area contributed by atoms with E-state index < -0.39 is 0 Å². The predicted molar refractivity (Wildman–Crippen MR) is 116 cm³/mol. The molecule has 8 heteroatoms. The summed E-state index contributed by atoms with van der Waals surface area (Å²) in [6, 6.07) is 4.78. The van der Waals surface area contributed by atoms with E-state index in [9.17, 15) is 14.0 Å². The number of fused-ring (bicyclic) bond motifs is 1. The van der Waals surface area contributed by atoms with Crippen LogP contribution in [0.2, 0.25) is 0 Å². The number of aryl methyl sites for hydroxylation is 2. The van der Waals surface area contributed by atoms with E-state index in [1.165, 1.54) is 10.9 Å². The molecule has 1 fully saturated rings. The van der Waals surface area contributed by atoms with Crippen LogP contribution >= 0.6 is 11.3 Å². The molecule has 0 unspecified atom stereocenters. The minimum absolute atomic E-state index is 0.0643. The van der Waals surface area contributed by atoms with Crippen molar-refractivity contribution in [1.29, 1.82) is 0 Å². The first-order valence-corrected chi connectivity index (χ1v) is 11.3. The Kier molecular flexibility index (Phi) is 6.04. The smallest absolute Gasteiger partial charge is 0.227 e. The maximum Gasteiger partial charge on any atom is 0.227 e. The summed E-state index contributed by atoms with van der Waals surface area (Å²) in [7, 11) is 0. The van der Waals surface area contributed by atoms with Gasteiger partial charge in [-0.3, -0.25) is 9.59 Å². The minimum Gasteiger partial charge on any atom is -0.345 e. The van der Waals surface area contributed by atoms with Gasteiger partial charge in [0.25, 0.3) is 0 Å². The van der Waals surface area contributed by atoms with Gasteiger partial charge in [-0.15, -0.1) is 11.3 Å². The van der Waals surface area contributed by atoms with Gasteiger partial charge in [-0.05, 0) is 43.9 Å². The Hall–Kier alpha value is -2.48. The highest BCUT2D eigenvalue weighted by Gasteiger charge is 2.29. The molecule has 2 aliphatic rings. The number of hydrogen-bond donors (Lipinski definition) is 1. The monoisotopic (exact) mass is 430 g/mol. The van der Waals surface area contributed by atoms with E-state index in [1.807, 2.05) is 11.8 Å². The Balaban J connectivity index is 1.37. The van der Waals surface area contributed by atoms with Gasteiger partial charge in [-0.25, -0.2) is 9.37 Å². The van der Waals surface area contributed by atoms with Gasteiger partial charge in [0.15, 0.2) is 5.13 Å². The van der Waals surface area contributed by atoms with Crippen molar-refractivity contribution in [1.82, 2.24) is 9.88 Å². The van der Waals surface area contributed by atoms with Crippen LogP contribution < -0.4 is 10.2 Å². The SMILES string of the molecule is CCC(=O)N1CCN(c2nc3c(s2)C[C@H](C(=O)Nc2ccc(C)c(F)c2)CC3)CC1. The number of piperazine rings is 1. The van der Waals surface area contributed by atoms with Gasteiger partial charge in [0.1, 0.15) is 5.82 Å². The standard InChI is InChI=1S/C22H27FN4O2S/c1-3-20(28)26-8-10-27(11-9-26)22-25-18-7-5-15(12-19(18)30-22)21(29)24-16-6-4-14(2)17(23)13-16/h4,6,13,15H,3,5,7-12H2,1-2H3,(H,24,29)/t15-/m1/s1. The van der Waals surface area contributed by atoms with Crippen molar-refractivity contribution in [3.8, 4) is 0 Å². The lowest BCUT2D eigenvalue weighted by atomic mass is 9.90. The lowest BCUT2D eigenvalue weighted by Gasteiger charge is -2.34. The average Bonchev–Trinajstić information content (AvgIpc) is 3.19. The van der Waals surface area contributed by atoms with Crippen LogP contribution in [0, 0.1) is 18.7 Å². The van der Waals surface area contributed by atoms with Gasteiger partial charge in [-0.1, -0.05) is 13.0 Å². The summed E-state index contributed by atoms with van der Waals surface area (Å²) >= 11 is 1.66. The zero-order valence-corrected chi connectivity index (χ0v) is 18.2. The van der Waals surface area contributed by atoms with E-state index in [4.69, 9.17) is 4.98 Å². The molecule has 1 aliphatic heterocycles. The minimum atomic E-state index is -0.313. The van der Waals surface area contributed by atoms with Gasteiger partial charge in [0.05, 0.1) is 5.69 Å². The molecule has 160 valence electrons. The molecule has 1 aromatic heterocycles. The van der Waals surface area contributed by atoms with E-state index in [0.717, 1.165) is 49.8 Å². The molecular formula is C22H27FN4O2S. The van der Waals surface area contributed by atoms with Crippen molar-refractivity contribution in [2.45, 2.75) is 39.5 Å². The summed E-state index contributed by atoms with van der Waals surface area (Å²) in [5.74, 6) is -0.304. The molecular weight excluding hydrogens is 403 g/mol. The third-order valence-electron chi connectivity index (χ3n) is 5.94. The highest BCUT2D eigenvalue weighted by molar-refractivity contribution is 7.15. The van der Waals surface area contributed by atoms with Crippen LogP contribution in [0.3, 0.4) is 0 Å². The van der Waals surface area contributed by atoms with Crippen molar-refractivity contribution >= 4 is 34.0 Å². The molecule has 30 heavy (non-hydrogen) atoms. The second kappa shape index (κ2) is 8.71. The Morgan fingerprint density at radius 3 is 2.73 bits per heavy atom. The third-order valence-corrected chi connectivity index (χ3v) is 7.12. The first-order chi connectivity index (χ1) is 14.4. The van der Waals surface area contributed by atoms with Gasteiger partial charge >= 0.3 is 0 Å². The van der Waals surface area contributed by atoms with Gasteiger partial charge < -0.3 is 15.1 Å². The summed E-state index contributed by atoms with van der Waals surface area (Å²) in [5, 5.41) is 3.85. The number of anilines is 2. The number of thiazole rings is 1. The number of nitrogens with one attached hydrogen (secondary N) is 1. The largest absolute Gasteiger partial charge is 0.345 e. The number of rotatable bonds is 4. The lowest BCUT2D eigenvalue weighted by molar-refractivity contribution is -0.131. The van der Waals surface area contributed by atoms with Gasteiger partial charge in [0.2, 0.25) is 11.8 Å². The predicted octanol–water partition coefficient (Wildman–Crippen LogP) is 3.39. The van der Waals surface area contributed by atoms with Crippen LogP contribution in [0.1, 0.15) is 35.9 Å². The van der Waals surface area contributed by atoms with Crippen molar-refractivity contribution < 1.29 is 14.0 Å². The van der Waals surface area contributed by atoms with Crippen LogP contribution in [0.5, 0.6) is 0 Å². The fourth-order valence-corrected chi connectivity index (χ4v) is 5.24. The average molecular weight is 431 g/mol. The third kappa shape index (κ3) is 4.33. The maximum absolute atomic E-state index is 13.8. The second-order valence-corrected chi connectivity index (χ2v) is 9.04. The normalized spacial score (nSPS) is 18.8. The molecule has 1 N–H and O–H groups in total. The fourth-order valence-electron chi connectivity index (χ4n) is 4.01. The van der Waals surface area contributed by atoms with Crippen molar-refractivity contribution in [2.24, 2.45) is 5.92 Å². The number of nitrogens with zero attached hydrogens (tertiary/aromatic N) is 3. The molecule has 1 saturated heterocycles. The molecule has 1 atom stereocenters. The summed E-state index contributed by atoms with van der Waals surface area (Å²) in [5.41, 5.74) is 2.15. The molecule has 0 radical (unpaired) electrons. The summed E-state index contributed by atoms with van der Waals surface area (Å²) in [6.45, 7) is 6.64. The number of hydrogen-bond acceptors (Lipinski definition) is 5. The number of carbonyl (C=O) groups is 2. The van der Waals surface area contributed by atoms with E-state index in [2.05, 4.69) is 10.2 Å². The van der Waals surface area contributed by atoms with E-state index in [-0.39, 0.29) is 23.5 Å². The molecule has 2 aromatic rings. The van der Waals surface area contributed by atoms with E-state index in [1.54, 1.807) is 30.4 Å². The van der Waals surface area contributed by atoms with Crippen LogP contribution in [-0.2, 0) is 22.4 Å². The molecule has 2 amide bonds. The summed E-state index contributed by atoms with van der Waals surface area (Å²) in [6.07, 6.45) is 2.74. The molecule has 1 aliphatic carbocycles. The Morgan fingerprint density at radius 1 is 1.27 bits per heavy atom. The quantitative estimate of drug-likeness (QED) is 0.808. The van der Waals surface area contributed by atoms with Gasteiger partial charge in [-0.2, -0.15) is 0 Å². The molecule has 0 bridgehead atoms. The van der Waals surface area contributed by atoms with Crippen LogP contribution in [-0.4, -0.2) is 47.9 Å². The molecule has 0 spiro atoms. The summed E-state index contributed by atoms with van der Waals surface area (Å²) < 4.78 is 13.8. The molecule has 6 nitrogen and oxygen atoms in total. The van der Waals surface area contributed by atoms with E-state index >= 15 is 0 Å². The Bertz CT molecular complexity index is 953. The second-order valence-electron chi connectivity index (χ2n) is 7.98. The Morgan fingerprint density at radius 2 is 2.03 bits per heavy atom. The van der Waals surface area contributed by atoms with Crippen molar-refractivity contribution in [3.63, 3.8) is 0 Å². The molecule has 0 saturated carbocycles. The first-order valence-electron chi connectivity index (χ1n) is 10.5. The topological polar surface area (TPSA) is 65.5 Å². The van der Waals surface area contributed by atoms with Crippen LogP contribution in [0.4, 0.5) is 15.2 Å². The number of aromatic nitrogens is 1. The lowest BCUT2D eigenvalue weighted by Crippen LogP contribution is -2.48. The maximum atomic E-state index is 13.8. The first kappa shape index (κ1) is 20.8. The van der Waals surface area contributed by atoms with Gasteiger partial charge in [0, 0.05) is 49.1 Å². The number of amides is 2. The summed E-state index contributed by atoms with van der Waals surface area (Å²) in [4.78, 5) is 34.7. The van der Waals surface area contributed by atoms with Crippen molar-refractivity contribution in [2.75, 3.05) is 36.4 Å². The van der Waals surface area contributed by atoms with Crippen molar-refractivity contribution in [3.05, 3.63) is 40.2 Å². The highest BCUT2D eigenvalue weighted by Crippen LogP contribution is 2.35. The van der Waals surface area contributed by atoms with Crippen LogP contribution in [0.15, 0.2) is 18.2 Å². The number of carbonyl (C=O) groups excluding carboxylic acids is 2. The Labute approximate surface area is 180 Å². The van der Waals surface area contributed by atoms with E-state index in [0.29, 0.717) is 24.1 Å². The number of benzene rings is 1. The van der Waals surface area contributed by atoms with Crippen LogP contribution in [0.25, 0.3) is 0 Å². The zero-order valence-electron chi connectivity index (χ0n) is 17.4. The number of halogens is 1. The molecule has 2 heterocycles. The zero-order chi connectivity index (χ0) is 21.3. The highest BCUT2D eigenvalue weighted by atomic mass is 32.1. The molecule has 1 aromatic carbocycles. The molecule has 4 rings (SSSR count).